The van der Waals surface area contributed by atoms with Crippen LogP contribution in [-0.2, 0) is 15.8 Å². The standard InChI is InChI=1S/C14H14ClF3N2O3.ClH/c15-9-4-1-3-8(14(16,17)18)12(9)19-11(21)7-20-6-2-5-10(20)13(22)23;/h1,3-4,10H,2,5-7H2,(H,19,21)(H,22,23);1H. The molecule has 1 saturated heterocycles. The van der Waals surface area contributed by atoms with Gasteiger partial charge in [0, 0.05) is 0 Å². The maximum atomic E-state index is 13.0. The number of anilines is 1. The summed E-state index contributed by atoms with van der Waals surface area (Å²) in [5.74, 6) is -1.79. The number of rotatable bonds is 4. The third kappa shape index (κ3) is 4.75. The predicted octanol–water partition coefficient (Wildman–Crippen LogP) is 3.27. The van der Waals surface area contributed by atoms with Crippen molar-refractivity contribution in [2.24, 2.45) is 0 Å². The minimum atomic E-state index is -4.66. The van der Waals surface area contributed by atoms with Gasteiger partial charge < -0.3 is 10.4 Å². The smallest absolute Gasteiger partial charge is 0.418 e. The van der Waals surface area contributed by atoms with E-state index in [4.69, 9.17) is 16.7 Å². The van der Waals surface area contributed by atoms with E-state index in [0.29, 0.717) is 19.4 Å². The Bertz CT molecular complexity index is 626. The van der Waals surface area contributed by atoms with Gasteiger partial charge in [-0.15, -0.1) is 12.4 Å². The number of likely N-dealkylation sites (tertiary alicyclic amines) is 1. The molecule has 0 aromatic heterocycles. The summed E-state index contributed by atoms with van der Waals surface area (Å²) in [6.45, 7) is 0.0958. The fourth-order valence-electron chi connectivity index (χ4n) is 2.55. The van der Waals surface area contributed by atoms with Gasteiger partial charge in [-0.2, -0.15) is 13.2 Å². The van der Waals surface area contributed by atoms with E-state index in [1.165, 1.54) is 11.0 Å². The molecule has 5 nitrogen and oxygen atoms in total. The molecule has 1 atom stereocenters. The highest BCUT2D eigenvalue weighted by molar-refractivity contribution is 6.34. The molecule has 1 unspecified atom stereocenters. The molecule has 1 aromatic rings. The van der Waals surface area contributed by atoms with Gasteiger partial charge in [0.25, 0.3) is 0 Å². The number of benzene rings is 1. The molecule has 1 aliphatic heterocycles. The molecule has 24 heavy (non-hydrogen) atoms. The Morgan fingerprint density at radius 1 is 1.38 bits per heavy atom. The third-order valence-corrected chi connectivity index (χ3v) is 3.89. The summed E-state index contributed by atoms with van der Waals surface area (Å²) in [7, 11) is 0. The SMILES string of the molecule is Cl.O=C(CN1CCCC1C(=O)O)Nc1c(Cl)cccc1C(F)(F)F. The number of para-hydroxylation sites is 1. The van der Waals surface area contributed by atoms with Gasteiger partial charge in [0.15, 0.2) is 0 Å². The molecule has 1 aliphatic rings. The van der Waals surface area contributed by atoms with Crippen molar-refractivity contribution in [2.45, 2.75) is 25.1 Å². The first-order chi connectivity index (χ1) is 10.7. The second-order valence-corrected chi connectivity index (χ2v) is 5.58. The number of hydrogen-bond donors (Lipinski definition) is 2. The molecule has 0 saturated carbocycles. The zero-order chi connectivity index (χ0) is 17.2. The number of hydrogen-bond acceptors (Lipinski definition) is 3. The van der Waals surface area contributed by atoms with Crippen LogP contribution in [-0.4, -0.2) is 41.0 Å². The van der Waals surface area contributed by atoms with Crippen molar-refractivity contribution < 1.29 is 27.9 Å². The van der Waals surface area contributed by atoms with Gasteiger partial charge in [-0.25, -0.2) is 0 Å². The first-order valence-corrected chi connectivity index (χ1v) is 7.20. The van der Waals surface area contributed by atoms with E-state index in [9.17, 15) is 22.8 Å². The fourth-order valence-corrected chi connectivity index (χ4v) is 2.77. The predicted molar refractivity (Wildman–Crippen MR) is 84.6 cm³/mol. The molecule has 1 amide bonds. The Kier molecular flexibility index (Phi) is 6.88. The number of carboxylic acids is 1. The number of halogens is 5. The molecule has 0 bridgehead atoms. The van der Waals surface area contributed by atoms with Crippen LogP contribution in [0.25, 0.3) is 0 Å². The van der Waals surface area contributed by atoms with Crippen molar-refractivity contribution >= 4 is 41.6 Å². The highest BCUT2D eigenvalue weighted by Crippen LogP contribution is 2.38. The van der Waals surface area contributed by atoms with Crippen LogP contribution in [0.3, 0.4) is 0 Å². The van der Waals surface area contributed by atoms with Crippen LogP contribution >= 0.6 is 24.0 Å². The number of alkyl halides is 3. The first kappa shape index (κ1) is 20.5. The van der Waals surface area contributed by atoms with Crippen LogP contribution in [0.4, 0.5) is 18.9 Å². The molecule has 1 heterocycles. The van der Waals surface area contributed by atoms with Gasteiger partial charge in [-0.3, -0.25) is 14.5 Å². The van der Waals surface area contributed by atoms with E-state index in [2.05, 4.69) is 5.32 Å². The van der Waals surface area contributed by atoms with Crippen molar-refractivity contribution in [3.8, 4) is 0 Å². The summed E-state index contributed by atoms with van der Waals surface area (Å²) < 4.78 is 38.9. The summed E-state index contributed by atoms with van der Waals surface area (Å²) in [5.41, 5.74) is -1.56. The van der Waals surface area contributed by atoms with E-state index >= 15 is 0 Å². The Hall–Kier alpha value is -1.51. The second kappa shape index (κ2) is 8.04. The van der Waals surface area contributed by atoms with Crippen molar-refractivity contribution in [1.82, 2.24) is 4.90 Å². The second-order valence-electron chi connectivity index (χ2n) is 5.18. The van der Waals surface area contributed by atoms with Gasteiger partial charge in [-0.1, -0.05) is 17.7 Å². The Balaban J connectivity index is 0.00000288. The number of carboxylic acid groups (broad SMARTS) is 1. The topological polar surface area (TPSA) is 69.6 Å². The largest absolute Gasteiger partial charge is 0.480 e. The van der Waals surface area contributed by atoms with E-state index in [1.807, 2.05) is 0 Å². The monoisotopic (exact) mass is 386 g/mol. The average molecular weight is 387 g/mol. The Morgan fingerprint density at radius 3 is 2.62 bits per heavy atom. The van der Waals surface area contributed by atoms with Gasteiger partial charge in [0.2, 0.25) is 5.91 Å². The molecule has 0 spiro atoms. The first-order valence-electron chi connectivity index (χ1n) is 6.82. The maximum absolute atomic E-state index is 13.0. The summed E-state index contributed by atoms with van der Waals surface area (Å²) in [6.07, 6.45) is -3.64. The lowest BCUT2D eigenvalue weighted by Crippen LogP contribution is -2.41. The zero-order valence-electron chi connectivity index (χ0n) is 12.3. The van der Waals surface area contributed by atoms with Crippen LogP contribution in [0.15, 0.2) is 18.2 Å². The van der Waals surface area contributed by atoms with Crippen LogP contribution in [0.1, 0.15) is 18.4 Å². The normalized spacial score (nSPS) is 18.1. The molecule has 1 fully saturated rings. The highest BCUT2D eigenvalue weighted by Gasteiger charge is 2.36. The minimum Gasteiger partial charge on any atom is -0.480 e. The lowest BCUT2D eigenvalue weighted by Gasteiger charge is -2.21. The number of aliphatic carboxylic acids is 1. The Morgan fingerprint density at radius 2 is 2.04 bits per heavy atom. The van der Waals surface area contributed by atoms with Gasteiger partial charge in [0.1, 0.15) is 6.04 Å². The molecule has 2 rings (SSSR count). The van der Waals surface area contributed by atoms with Gasteiger partial charge >= 0.3 is 12.1 Å². The summed E-state index contributed by atoms with van der Waals surface area (Å²) in [6, 6.07) is 2.40. The molecule has 0 aliphatic carbocycles. The van der Waals surface area contributed by atoms with E-state index in [0.717, 1.165) is 12.1 Å². The molecule has 10 heteroatoms. The molecular weight excluding hydrogens is 372 g/mol. The number of nitrogens with zero attached hydrogens (tertiary/aromatic N) is 1. The number of carbonyl (C=O) groups is 2. The van der Waals surface area contributed by atoms with Crippen LogP contribution in [0.2, 0.25) is 5.02 Å². The van der Waals surface area contributed by atoms with Crippen molar-refractivity contribution in [3.63, 3.8) is 0 Å². The quantitative estimate of drug-likeness (QED) is 0.832. The van der Waals surface area contributed by atoms with Crippen molar-refractivity contribution in [1.29, 1.82) is 0 Å². The summed E-state index contributed by atoms with van der Waals surface area (Å²) in [5, 5.41) is 11.0. The van der Waals surface area contributed by atoms with Crippen LogP contribution in [0.5, 0.6) is 0 Å². The molecule has 0 radical (unpaired) electrons. The van der Waals surface area contributed by atoms with Gasteiger partial charge in [0.05, 0.1) is 22.8 Å². The molecule has 1 aromatic carbocycles. The number of amides is 1. The summed E-state index contributed by atoms with van der Waals surface area (Å²) >= 11 is 5.75. The van der Waals surface area contributed by atoms with E-state index in [1.54, 1.807) is 0 Å². The zero-order valence-corrected chi connectivity index (χ0v) is 13.8. The lowest BCUT2D eigenvalue weighted by molar-refractivity contribution is -0.142. The molecule has 134 valence electrons. The third-order valence-electron chi connectivity index (χ3n) is 3.58. The average Bonchev–Trinajstić information content (AvgIpc) is 2.88. The van der Waals surface area contributed by atoms with Crippen LogP contribution < -0.4 is 5.32 Å². The lowest BCUT2D eigenvalue weighted by atomic mass is 10.1. The van der Waals surface area contributed by atoms with E-state index in [-0.39, 0.29) is 24.0 Å². The fraction of sp³-hybridized carbons (Fsp3) is 0.429. The van der Waals surface area contributed by atoms with Crippen molar-refractivity contribution in [2.75, 3.05) is 18.4 Å². The van der Waals surface area contributed by atoms with E-state index < -0.39 is 35.3 Å². The Labute approximate surface area is 147 Å². The number of carbonyl (C=O) groups excluding carboxylic acids is 1. The van der Waals surface area contributed by atoms with Crippen LogP contribution in [0, 0.1) is 0 Å². The van der Waals surface area contributed by atoms with Gasteiger partial charge in [-0.05, 0) is 31.5 Å². The minimum absolute atomic E-state index is 0. The number of nitrogens with one attached hydrogen (secondary N) is 1. The molecular formula is C14H15Cl2F3N2O3. The maximum Gasteiger partial charge on any atom is 0.418 e. The highest BCUT2D eigenvalue weighted by atomic mass is 35.5. The van der Waals surface area contributed by atoms with Crippen molar-refractivity contribution in [3.05, 3.63) is 28.8 Å². The summed E-state index contributed by atoms with van der Waals surface area (Å²) in [4.78, 5) is 24.5. The molecule has 2 N–H and O–H groups in total.